The average Bonchev–Trinajstić information content (AvgIpc) is 2.84. The van der Waals surface area contributed by atoms with Gasteiger partial charge in [0.15, 0.2) is 0 Å². The first-order chi connectivity index (χ1) is 9.10. The van der Waals surface area contributed by atoms with E-state index in [0.29, 0.717) is 5.69 Å². The minimum absolute atomic E-state index is 0.328. The summed E-state index contributed by atoms with van der Waals surface area (Å²) in [6.07, 6.45) is 1.26. The van der Waals surface area contributed by atoms with E-state index >= 15 is 0 Å². The van der Waals surface area contributed by atoms with Gasteiger partial charge in [-0.15, -0.1) is 11.3 Å². The van der Waals surface area contributed by atoms with Crippen molar-refractivity contribution >= 4 is 39.3 Å². The smallest absolute Gasteiger partial charge is 0.346 e. The van der Waals surface area contributed by atoms with Gasteiger partial charge in [0, 0.05) is 15.4 Å². The minimum Gasteiger partial charge on any atom is -0.477 e. The number of thiazole rings is 1. The molecule has 1 aromatic carbocycles. The molecule has 0 saturated carbocycles. The number of nitriles is 1. The second-order valence-corrected chi connectivity index (χ2v) is 5.34. The summed E-state index contributed by atoms with van der Waals surface area (Å²) < 4.78 is 0.945. The largest absolute Gasteiger partial charge is 0.477 e. The summed E-state index contributed by atoms with van der Waals surface area (Å²) in [6.45, 7) is 0. The Morgan fingerprint density at radius 1 is 1.53 bits per heavy atom. The normalized spacial score (nSPS) is 11.1. The number of carboxylic acid groups (broad SMARTS) is 1. The number of hydrogen-bond donors (Lipinski definition) is 1. The Bertz CT molecular complexity index is 701. The summed E-state index contributed by atoms with van der Waals surface area (Å²) in [5.74, 6) is -1.25. The number of aromatic nitrogens is 1. The number of carboxylic acids is 1. The Kier molecular flexibility index (Phi) is 4.10. The van der Waals surface area contributed by atoms with Gasteiger partial charge in [-0.1, -0.05) is 28.1 Å². The Balaban J connectivity index is 2.35. The molecule has 1 aromatic heterocycles. The van der Waals surface area contributed by atoms with E-state index in [2.05, 4.69) is 20.9 Å². The molecule has 2 aromatic rings. The second-order valence-electron chi connectivity index (χ2n) is 3.56. The van der Waals surface area contributed by atoms with Crippen molar-refractivity contribution in [3.63, 3.8) is 0 Å². The molecule has 6 heteroatoms. The standard InChI is InChI=1S/C13H7BrN2O2S/c14-10-3-1-2-8(4-10)12-16-11(7-19-12)5-9(6-15)13(17)18/h1-5,7H,(H,17,18)/b9-5+. The van der Waals surface area contributed by atoms with E-state index in [1.165, 1.54) is 17.4 Å². The molecule has 0 aliphatic heterocycles. The van der Waals surface area contributed by atoms with Crippen molar-refractivity contribution in [3.8, 4) is 16.6 Å². The highest BCUT2D eigenvalue weighted by Gasteiger charge is 2.08. The molecule has 1 N–H and O–H groups in total. The lowest BCUT2D eigenvalue weighted by Crippen LogP contribution is -1.97. The number of benzene rings is 1. The Morgan fingerprint density at radius 3 is 2.95 bits per heavy atom. The van der Waals surface area contributed by atoms with Crippen LogP contribution in [0.25, 0.3) is 16.6 Å². The van der Waals surface area contributed by atoms with Crippen LogP contribution in [0.15, 0.2) is 39.7 Å². The zero-order valence-electron chi connectivity index (χ0n) is 9.50. The van der Waals surface area contributed by atoms with Crippen LogP contribution in [0.2, 0.25) is 0 Å². The van der Waals surface area contributed by atoms with Crippen LogP contribution in [-0.2, 0) is 4.79 Å². The summed E-state index contributed by atoms with van der Waals surface area (Å²) in [5.41, 5.74) is 1.08. The quantitative estimate of drug-likeness (QED) is 0.687. The van der Waals surface area contributed by atoms with E-state index in [-0.39, 0.29) is 5.57 Å². The molecular weight excluding hydrogens is 328 g/mol. The lowest BCUT2D eigenvalue weighted by molar-refractivity contribution is -0.132. The minimum atomic E-state index is -1.25. The lowest BCUT2D eigenvalue weighted by Gasteiger charge is -1.96. The molecule has 1 heterocycles. The van der Waals surface area contributed by atoms with Gasteiger partial charge in [-0.05, 0) is 18.2 Å². The van der Waals surface area contributed by atoms with Crippen LogP contribution in [-0.4, -0.2) is 16.1 Å². The molecule has 0 unspecified atom stereocenters. The second kappa shape index (κ2) is 5.78. The van der Waals surface area contributed by atoms with Gasteiger partial charge in [-0.2, -0.15) is 5.26 Å². The molecule has 0 atom stereocenters. The van der Waals surface area contributed by atoms with Crippen LogP contribution >= 0.6 is 27.3 Å². The maximum atomic E-state index is 10.7. The molecule has 0 aliphatic carbocycles. The Labute approximate surface area is 121 Å². The molecular formula is C13H7BrN2O2S. The number of nitrogens with zero attached hydrogens (tertiary/aromatic N) is 2. The van der Waals surface area contributed by atoms with Gasteiger partial charge >= 0.3 is 5.97 Å². The molecule has 0 bridgehead atoms. The zero-order valence-corrected chi connectivity index (χ0v) is 11.9. The van der Waals surface area contributed by atoms with E-state index in [4.69, 9.17) is 10.4 Å². The zero-order chi connectivity index (χ0) is 13.8. The van der Waals surface area contributed by atoms with Gasteiger partial charge in [0.05, 0.1) is 5.69 Å². The van der Waals surface area contributed by atoms with E-state index in [1.807, 2.05) is 24.3 Å². The van der Waals surface area contributed by atoms with Gasteiger partial charge in [0.25, 0.3) is 0 Å². The van der Waals surface area contributed by atoms with Gasteiger partial charge in [0.2, 0.25) is 0 Å². The van der Waals surface area contributed by atoms with Crippen molar-refractivity contribution in [2.24, 2.45) is 0 Å². The molecule has 0 spiro atoms. The first-order valence-corrected chi connectivity index (χ1v) is 6.84. The van der Waals surface area contributed by atoms with Crippen molar-refractivity contribution in [2.75, 3.05) is 0 Å². The van der Waals surface area contributed by atoms with Crippen LogP contribution < -0.4 is 0 Å². The van der Waals surface area contributed by atoms with Gasteiger partial charge in [-0.25, -0.2) is 9.78 Å². The van der Waals surface area contributed by atoms with Crippen molar-refractivity contribution in [2.45, 2.75) is 0 Å². The Morgan fingerprint density at radius 2 is 2.32 bits per heavy atom. The third kappa shape index (κ3) is 3.28. The molecule has 19 heavy (non-hydrogen) atoms. The van der Waals surface area contributed by atoms with Crippen LogP contribution in [0, 0.1) is 11.3 Å². The third-order valence-electron chi connectivity index (χ3n) is 2.24. The fourth-order valence-electron chi connectivity index (χ4n) is 1.40. The van der Waals surface area contributed by atoms with Crippen molar-refractivity contribution in [1.82, 2.24) is 4.98 Å². The maximum absolute atomic E-state index is 10.7. The van der Waals surface area contributed by atoms with E-state index in [1.54, 1.807) is 11.4 Å². The first-order valence-electron chi connectivity index (χ1n) is 5.16. The summed E-state index contributed by atoms with van der Waals surface area (Å²) in [6, 6.07) is 9.28. The summed E-state index contributed by atoms with van der Waals surface area (Å²) in [5, 5.41) is 20.0. The predicted molar refractivity (Wildman–Crippen MR) is 76.5 cm³/mol. The van der Waals surface area contributed by atoms with Crippen molar-refractivity contribution in [1.29, 1.82) is 5.26 Å². The lowest BCUT2D eigenvalue weighted by atomic mass is 10.2. The highest BCUT2D eigenvalue weighted by Crippen LogP contribution is 2.26. The fourth-order valence-corrected chi connectivity index (χ4v) is 2.57. The van der Waals surface area contributed by atoms with Crippen LogP contribution in [0.5, 0.6) is 0 Å². The summed E-state index contributed by atoms with van der Waals surface area (Å²) in [7, 11) is 0. The highest BCUT2D eigenvalue weighted by molar-refractivity contribution is 9.10. The number of halogens is 1. The van der Waals surface area contributed by atoms with Gasteiger partial charge in [0.1, 0.15) is 16.6 Å². The molecule has 0 saturated heterocycles. The predicted octanol–water partition coefficient (Wildman–Crippen LogP) is 3.56. The highest BCUT2D eigenvalue weighted by atomic mass is 79.9. The average molecular weight is 335 g/mol. The number of hydrogen-bond acceptors (Lipinski definition) is 4. The monoisotopic (exact) mass is 334 g/mol. The maximum Gasteiger partial charge on any atom is 0.346 e. The summed E-state index contributed by atoms with van der Waals surface area (Å²) in [4.78, 5) is 15.0. The van der Waals surface area contributed by atoms with Gasteiger partial charge < -0.3 is 5.11 Å². The molecule has 2 rings (SSSR count). The van der Waals surface area contributed by atoms with E-state index in [0.717, 1.165) is 15.0 Å². The molecule has 94 valence electrons. The van der Waals surface area contributed by atoms with Crippen LogP contribution in [0.1, 0.15) is 5.69 Å². The topological polar surface area (TPSA) is 74.0 Å². The number of carbonyl (C=O) groups is 1. The van der Waals surface area contributed by atoms with Crippen LogP contribution in [0.3, 0.4) is 0 Å². The van der Waals surface area contributed by atoms with Crippen molar-refractivity contribution < 1.29 is 9.90 Å². The Hall–Kier alpha value is -1.97. The van der Waals surface area contributed by atoms with Crippen molar-refractivity contribution in [3.05, 3.63) is 45.4 Å². The summed E-state index contributed by atoms with van der Waals surface area (Å²) >= 11 is 4.78. The first kappa shape index (κ1) is 13.5. The molecule has 4 nitrogen and oxygen atoms in total. The molecule has 0 amide bonds. The molecule has 0 fully saturated rings. The van der Waals surface area contributed by atoms with E-state index < -0.39 is 5.97 Å². The van der Waals surface area contributed by atoms with E-state index in [9.17, 15) is 4.79 Å². The molecule has 0 aliphatic rings. The SMILES string of the molecule is N#C/C(=C\c1csc(-c2cccc(Br)c2)n1)C(=O)O. The van der Waals surface area contributed by atoms with Gasteiger partial charge in [-0.3, -0.25) is 0 Å². The molecule has 0 radical (unpaired) electrons. The fraction of sp³-hybridized carbons (Fsp3) is 0. The van der Waals surface area contributed by atoms with Crippen LogP contribution in [0.4, 0.5) is 0 Å². The third-order valence-corrected chi connectivity index (χ3v) is 3.64. The number of aliphatic carboxylic acids is 1. The number of rotatable bonds is 3.